The Bertz CT molecular complexity index is 889. The first-order valence-electron chi connectivity index (χ1n) is 12.0. The first-order chi connectivity index (χ1) is 14.8. The molecule has 0 aliphatic carbocycles. The number of benzene rings is 1. The molecule has 0 spiro atoms. The van der Waals surface area contributed by atoms with Gasteiger partial charge < -0.3 is 0 Å². The van der Waals surface area contributed by atoms with Crippen molar-refractivity contribution >= 4 is 28.3 Å². The number of fused-ring (bicyclic) bond motifs is 3. The number of thioether (sulfide) groups is 1. The molecule has 0 radical (unpaired) electrons. The lowest BCUT2D eigenvalue weighted by Gasteiger charge is -2.03. The molecule has 0 saturated carbocycles. The van der Waals surface area contributed by atoms with Gasteiger partial charge in [0.2, 0.25) is 0 Å². The molecular formula is C25H38N4S. The molecule has 0 unspecified atom stereocenters. The van der Waals surface area contributed by atoms with Gasteiger partial charge in [0.1, 0.15) is 0 Å². The molecule has 5 heteroatoms. The van der Waals surface area contributed by atoms with E-state index in [0.717, 1.165) is 34.0 Å². The molecule has 0 bridgehead atoms. The number of para-hydroxylation sites is 1. The largest absolute Gasteiger partial charge is 0.222 e. The molecule has 1 aromatic carbocycles. The van der Waals surface area contributed by atoms with Gasteiger partial charge >= 0.3 is 0 Å². The topological polar surface area (TPSA) is 43.1 Å². The van der Waals surface area contributed by atoms with E-state index in [1.54, 1.807) is 11.8 Å². The van der Waals surface area contributed by atoms with Gasteiger partial charge in [-0.25, -0.2) is 9.97 Å². The minimum absolute atomic E-state index is 0.910. The lowest BCUT2D eigenvalue weighted by Crippen LogP contribution is -1.97. The maximum absolute atomic E-state index is 4.84. The average Bonchev–Trinajstić information content (AvgIpc) is 3.21. The summed E-state index contributed by atoms with van der Waals surface area (Å²) in [6.07, 6.45) is 20.9. The summed E-state index contributed by atoms with van der Waals surface area (Å²) in [5, 5.41) is 6.74. The van der Waals surface area contributed by atoms with Gasteiger partial charge in [-0.1, -0.05) is 108 Å². The Balaban J connectivity index is 1.34. The predicted molar refractivity (Wildman–Crippen MR) is 129 cm³/mol. The summed E-state index contributed by atoms with van der Waals surface area (Å²) >= 11 is 1.62. The van der Waals surface area contributed by atoms with Crippen molar-refractivity contribution < 1.29 is 0 Å². The zero-order valence-electron chi connectivity index (χ0n) is 18.9. The van der Waals surface area contributed by atoms with Crippen LogP contribution in [0.2, 0.25) is 0 Å². The van der Waals surface area contributed by atoms with E-state index >= 15 is 0 Å². The lowest BCUT2D eigenvalue weighted by molar-refractivity contribution is 0.538. The standard InChI is InChI=1S/C25H38N4S/c1-3-4-5-6-7-8-9-10-11-12-13-14-15-20-23-27-24-21-18-16-17-19-22(21)26-25(30-2)29(24)28-23/h16-19H,3-15,20H2,1-2H3. The second-order valence-electron chi connectivity index (χ2n) is 8.37. The number of aryl methyl sites for hydroxylation is 1. The molecule has 164 valence electrons. The van der Waals surface area contributed by atoms with E-state index in [-0.39, 0.29) is 0 Å². The fraction of sp³-hybridized carbons (Fsp3) is 0.640. The lowest BCUT2D eigenvalue weighted by atomic mass is 10.0. The Morgan fingerprint density at radius 2 is 1.37 bits per heavy atom. The molecule has 0 atom stereocenters. The number of hydrogen-bond donors (Lipinski definition) is 0. The van der Waals surface area contributed by atoms with Gasteiger partial charge in [0.15, 0.2) is 16.6 Å². The number of rotatable bonds is 15. The second kappa shape index (κ2) is 12.9. The van der Waals surface area contributed by atoms with Crippen LogP contribution < -0.4 is 0 Å². The van der Waals surface area contributed by atoms with Gasteiger partial charge in [-0.15, -0.1) is 5.10 Å². The van der Waals surface area contributed by atoms with Gasteiger partial charge in [-0.05, 0) is 24.8 Å². The van der Waals surface area contributed by atoms with Gasteiger partial charge in [0, 0.05) is 11.8 Å². The van der Waals surface area contributed by atoms with Crippen molar-refractivity contribution in [2.45, 2.75) is 102 Å². The molecule has 0 amide bonds. The Kier molecular flexibility index (Phi) is 9.94. The summed E-state index contributed by atoms with van der Waals surface area (Å²) in [5.74, 6) is 0.950. The molecule has 0 aliphatic rings. The molecule has 0 saturated heterocycles. The molecule has 4 nitrogen and oxygen atoms in total. The Morgan fingerprint density at radius 1 is 0.767 bits per heavy atom. The average molecular weight is 427 g/mol. The minimum Gasteiger partial charge on any atom is -0.222 e. The SMILES string of the molecule is CCCCCCCCCCCCCCCc1nc2c3ccccc3nc(SC)n2n1. The number of aromatic nitrogens is 4. The van der Waals surface area contributed by atoms with Crippen molar-refractivity contribution in [3.05, 3.63) is 30.1 Å². The first-order valence-corrected chi connectivity index (χ1v) is 13.2. The van der Waals surface area contributed by atoms with E-state index in [1.807, 2.05) is 22.9 Å². The van der Waals surface area contributed by atoms with Crippen molar-refractivity contribution in [1.82, 2.24) is 19.6 Å². The zero-order valence-corrected chi connectivity index (χ0v) is 19.7. The highest BCUT2D eigenvalue weighted by Gasteiger charge is 2.12. The van der Waals surface area contributed by atoms with Crippen LogP contribution in [0, 0.1) is 0 Å². The van der Waals surface area contributed by atoms with Crippen LogP contribution in [0.3, 0.4) is 0 Å². The van der Waals surface area contributed by atoms with Gasteiger partial charge in [0.25, 0.3) is 0 Å². The molecule has 3 rings (SSSR count). The predicted octanol–water partition coefficient (Wildman–Crippen LogP) is 7.63. The molecule has 0 fully saturated rings. The van der Waals surface area contributed by atoms with Crippen LogP contribution in [0.1, 0.15) is 96.2 Å². The van der Waals surface area contributed by atoms with Crippen LogP contribution in [0.15, 0.2) is 29.4 Å². The number of unbranched alkanes of at least 4 members (excludes halogenated alkanes) is 12. The monoisotopic (exact) mass is 426 g/mol. The molecule has 3 aromatic rings. The highest BCUT2D eigenvalue weighted by Crippen LogP contribution is 2.23. The molecular weight excluding hydrogens is 388 g/mol. The third-order valence-electron chi connectivity index (χ3n) is 5.88. The summed E-state index contributed by atoms with van der Waals surface area (Å²) in [4.78, 5) is 9.57. The summed E-state index contributed by atoms with van der Waals surface area (Å²) in [5.41, 5.74) is 1.93. The summed E-state index contributed by atoms with van der Waals surface area (Å²) < 4.78 is 1.92. The van der Waals surface area contributed by atoms with Crippen molar-refractivity contribution in [1.29, 1.82) is 0 Å². The number of nitrogens with zero attached hydrogens (tertiary/aromatic N) is 4. The van der Waals surface area contributed by atoms with E-state index in [1.165, 1.54) is 83.5 Å². The molecule has 30 heavy (non-hydrogen) atoms. The van der Waals surface area contributed by atoms with Crippen LogP contribution in [0.4, 0.5) is 0 Å². The van der Waals surface area contributed by atoms with Gasteiger partial charge in [0.05, 0.1) is 5.52 Å². The van der Waals surface area contributed by atoms with E-state index < -0.39 is 0 Å². The van der Waals surface area contributed by atoms with Gasteiger partial charge in [-0.3, -0.25) is 0 Å². The fourth-order valence-corrected chi connectivity index (χ4v) is 4.60. The highest BCUT2D eigenvalue weighted by molar-refractivity contribution is 7.98. The Labute approximate surface area is 186 Å². The molecule has 2 aromatic heterocycles. The van der Waals surface area contributed by atoms with E-state index in [2.05, 4.69) is 19.1 Å². The first kappa shape index (κ1) is 23.1. The fourth-order valence-electron chi connectivity index (χ4n) is 4.11. The van der Waals surface area contributed by atoms with Crippen LogP contribution in [-0.4, -0.2) is 25.8 Å². The van der Waals surface area contributed by atoms with Crippen molar-refractivity contribution in [2.75, 3.05) is 6.26 Å². The Morgan fingerprint density at radius 3 is 2.00 bits per heavy atom. The highest BCUT2D eigenvalue weighted by atomic mass is 32.2. The molecule has 0 N–H and O–H groups in total. The summed E-state index contributed by atoms with van der Waals surface area (Å²) in [6, 6.07) is 8.21. The normalized spacial score (nSPS) is 11.7. The van der Waals surface area contributed by atoms with Crippen LogP contribution in [-0.2, 0) is 6.42 Å². The third kappa shape index (κ3) is 6.69. The molecule has 2 heterocycles. The van der Waals surface area contributed by atoms with Crippen molar-refractivity contribution in [2.24, 2.45) is 0 Å². The van der Waals surface area contributed by atoms with Crippen LogP contribution in [0.5, 0.6) is 0 Å². The maximum Gasteiger partial charge on any atom is 0.191 e. The summed E-state index contributed by atoms with van der Waals surface area (Å²) in [7, 11) is 0. The summed E-state index contributed by atoms with van der Waals surface area (Å²) in [6.45, 7) is 2.29. The van der Waals surface area contributed by atoms with Crippen LogP contribution in [0.25, 0.3) is 16.6 Å². The van der Waals surface area contributed by atoms with E-state index in [4.69, 9.17) is 15.1 Å². The second-order valence-corrected chi connectivity index (χ2v) is 9.15. The minimum atomic E-state index is 0.910. The smallest absolute Gasteiger partial charge is 0.191 e. The van der Waals surface area contributed by atoms with E-state index in [0.29, 0.717) is 0 Å². The van der Waals surface area contributed by atoms with Crippen molar-refractivity contribution in [3.63, 3.8) is 0 Å². The third-order valence-corrected chi connectivity index (χ3v) is 6.51. The van der Waals surface area contributed by atoms with Crippen LogP contribution >= 0.6 is 11.8 Å². The Hall–Kier alpha value is -1.62. The molecule has 0 aliphatic heterocycles. The zero-order chi connectivity index (χ0) is 21.0. The quantitative estimate of drug-likeness (QED) is 0.142. The van der Waals surface area contributed by atoms with Crippen molar-refractivity contribution in [3.8, 4) is 0 Å². The maximum atomic E-state index is 4.84. The number of hydrogen-bond acceptors (Lipinski definition) is 4. The van der Waals surface area contributed by atoms with Gasteiger partial charge in [-0.2, -0.15) is 4.52 Å². The van der Waals surface area contributed by atoms with E-state index in [9.17, 15) is 0 Å².